The van der Waals surface area contributed by atoms with Crippen LogP contribution in [-0.2, 0) is 9.47 Å². The third-order valence-electron chi connectivity index (χ3n) is 1.76. The van der Waals surface area contributed by atoms with Crippen LogP contribution in [0.2, 0.25) is 0 Å². The summed E-state index contributed by atoms with van der Waals surface area (Å²) < 4.78 is 33.1. The molecular weight excluding hydrogens is 204 g/mol. The Labute approximate surface area is 90.1 Å². The molecule has 0 saturated heterocycles. The molecule has 0 aliphatic heterocycles. The van der Waals surface area contributed by atoms with E-state index in [2.05, 4.69) is 5.32 Å². The lowest BCUT2D eigenvalue weighted by molar-refractivity contribution is 0.0187. The molecule has 0 aromatic carbocycles. The van der Waals surface area contributed by atoms with E-state index in [1.165, 1.54) is 0 Å². The number of ether oxygens (including phenoxy) is 2. The second-order valence-corrected chi connectivity index (χ2v) is 3.12. The number of nitrogens with one attached hydrogen (secondary N) is 1. The molecule has 0 bridgehead atoms. The molecule has 1 N–H and O–H groups in total. The molecule has 0 aliphatic rings. The number of alkyl halides is 2. The number of hydrogen-bond acceptors (Lipinski definition) is 3. The van der Waals surface area contributed by atoms with Crippen molar-refractivity contribution in [2.45, 2.75) is 26.2 Å². The van der Waals surface area contributed by atoms with Gasteiger partial charge < -0.3 is 14.8 Å². The van der Waals surface area contributed by atoms with Crippen LogP contribution in [0.15, 0.2) is 0 Å². The summed E-state index contributed by atoms with van der Waals surface area (Å²) in [6.07, 6.45) is -0.302. The average Bonchev–Trinajstić information content (AvgIpc) is 2.20. The lowest BCUT2D eigenvalue weighted by Crippen LogP contribution is -2.22. The number of hydrogen-bond donors (Lipinski definition) is 1. The van der Waals surface area contributed by atoms with Gasteiger partial charge >= 0.3 is 0 Å². The highest BCUT2D eigenvalue weighted by Gasteiger charge is 2.00. The first-order valence-electron chi connectivity index (χ1n) is 5.41. The van der Waals surface area contributed by atoms with Crippen LogP contribution in [0.5, 0.6) is 0 Å². The molecular formula is C10H21F2NO2. The van der Waals surface area contributed by atoms with E-state index in [1.54, 1.807) is 0 Å². The van der Waals surface area contributed by atoms with Crippen molar-refractivity contribution in [2.75, 3.05) is 39.5 Å². The molecule has 92 valence electrons. The summed E-state index contributed by atoms with van der Waals surface area (Å²) in [7, 11) is 0. The number of halogens is 2. The molecule has 0 saturated carbocycles. The van der Waals surface area contributed by atoms with Crippen LogP contribution >= 0.6 is 0 Å². The standard InChI is InChI=1S/C10H21F2NO2/c1-2-14-7-4-3-5-13-6-8-15-9-10(11)12/h10,13H,2-9H2,1H3. The zero-order valence-electron chi connectivity index (χ0n) is 9.31. The average molecular weight is 225 g/mol. The van der Waals surface area contributed by atoms with E-state index in [1.807, 2.05) is 6.92 Å². The van der Waals surface area contributed by atoms with Gasteiger partial charge in [0.25, 0.3) is 6.43 Å². The molecule has 0 aromatic rings. The third-order valence-corrected chi connectivity index (χ3v) is 1.76. The molecule has 0 radical (unpaired) electrons. The van der Waals surface area contributed by atoms with E-state index in [4.69, 9.17) is 9.47 Å². The van der Waals surface area contributed by atoms with Crippen molar-refractivity contribution in [1.29, 1.82) is 0 Å². The molecule has 0 rings (SSSR count). The molecule has 0 unspecified atom stereocenters. The van der Waals surface area contributed by atoms with Crippen molar-refractivity contribution in [3.05, 3.63) is 0 Å². The van der Waals surface area contributed by atoms with Gasteiger partial charge in [0.15, 0.2) is 0 Å². The predicted molar refractivity (Wildman–Crippen MR) is 55.4 cm³/mol. The molecule has 0 amide bonds. The summed E-state index contributed by atoms with van der Waals surface area (Å²) in [4.78, 5) is 0. The fourth-order valence-corrected chi connectivity index (χ4v) is 1.04. The van der Waals surface area contributed by atoms with Crippen molar-refractivity contribution in [3.8, 4) is 0 Å². The maximum Gasteiger partial charge on any atom is 0.261 e. The summed E-state index contributed by atoms with van der Waals surface area (Å²) in [5.41, 5.74) is 0. The van der Waals surface area contributed by atoms with Crippen LogP contribution in [0.3, 0.4) is 0 Å². The Bertz CT molecular complexity index is 126. The summed E-state index contributed by atoms with van der Waals surface area (Å²) >= 11 is 0. The van der Waals surface area contributed by atoms with Crippen molar-refractivity contribution in [3.63, 3.8) is 0 Å². The van der Waals surface area contributed by atoms with Crippen LogP contribution in [0, 0.1) is 0 Å². The maximum absolute atomic E-state index is 11.6. The van der Waals surface area contributed by atoms with E-state index in [0.717, 1.165) is 32.6 Å². The normalized spacial score (nSPS) is 11.2. The molecule has 0 spiro atoms. The van der Waals surface area contributed by atoms with Gasteiger partial charge in [-0.3, -0.25) is 0 Å². The maximum atomic E-state index is 11.6. The highest BCUT2D eigenvalue weighted by atomic mass is 19.3. The largest absolute Gasteiger partial charge is 0.382 e. The molecule has 0 aromatic heterocycles. The Morgan fingerprint density at radius 3 is 2.53 bits per heavy atom. The summed E-state index contributed by atoms with van der Waals surface area (Å²) in [5.74, 6) is 0. The Balaban J connectivity index is 2.87. The van der Waals surface area contributed by atoms with Crippen LogP contribution in [0.1, 0.15) is 19.8 Å². The van der Waals surface area contributed by atoms with Crippen molar-refractivity contribution in [1.82, 2.24) is 5.32 Å². The van der Waals surface area contributed by atoms with Gasteiger partial charge in [-0.05, 0) is 26.3 Å². The minimum atomic E-state index is -2.36. The molecule has 5 heteroatoms. The van der Waals surface area contributed by atoms with Gasteiger partial charge in [-0.15, -0.1) is 0 Å². The fraction of sp³-hybridized carbons (Fsp3) is 1.00. The molecule has 0 heterocycles. The van der Waals surface area contributed by atoms with Crippen molar-refractivity contribution >= 4 is 0 Å². The highest BCUT2D eigenvalue weighted by Crippen LogP contribution is 1.91. The van der Waals surface area contributed by atoms with Crippen LogP contribution in [-0.4, -0.2) is 45.9 Å². The predicted octanol–water partition coefficient (Wildman–Crippen LogP) is 1.67. The quantitative estimate of drug-likeness (QED) is 0.543. The molecule has 0 aliphatic carbocycles. The number of unbranched alkanes of at least 4 members (excludes halogenated alkanes) is 1. The van der Waals surface area contributed by atoms with E-state index in [9.17, 15) is 8.78 Å². The first-order valence-corrected chi connectivity index (χ1v) is 5.41. The second kappa shape index (κ2) is 11.8. The zero-order chi connectivity index (χ0) is 11.4. The van der Waals surface area contributed by atoms with E-state index in [-0.39, 0.29) is 0 Å². The Hall–Kier alpha value is -0.260. The van der Waals surface area contributed by atoms with Gasteiger partial charge in [0.1, 0.15) is 6.61 Å². The smallest absolute Gasteiger partial charge is 0.261 e. The second-order valence-electron chi connectivity index (χ2n) is 3.12. The minimum absolute atomic E-state index is 0.343. The number of rotatable bonds is 11. The Morgan fingerprint density at radius 2 is 1.87 bits per heavy atom. The van der Waals surface area contributed by atoms with Crippen LogP contribution in [0.25, 0.3) is 0 Å². The first-order chi connectivity index (χ1) is 7.27. The Morgan fingerprint density at radius 1 is 1.07 bits per heavy atom. The Kier molecular flexibility index (Phi) is 11.6. The fourth-order valence-electron chi connectivity index (χ4n) is 1.04. The van der Waals surface area contributed by atoms with Crippen molar-refractivity contribution in [2.24, 2.45) is 0 Å². The topological polar surface area (TPSA) is 30.5 Å². The summed E-state index contributed by atoms with van der Waals surface area (Å²) in [6.45, 7) is 4.90. The van der Waals surface area contributed by atoms with E-state index in [0.29, 0.717) is 13.2 Å². The molecule has 3 nitrogen and oxygen atoms in total. The third kappa shape index (κ3) is 13.7. The van der Waals surface area contributed by atoms with Crippen molar-refractivity contribution < 1.29 is 18.3 Å². The lowest BCUT2D eigenvalue weighted by Gasteiger charge is -2.05. The van der Waals surface area contributed by atoms with Crippen LogP contribution < -0.4 is 5.32 Å². The van der Waals surface area contributed by atoms with Gasteiger partial charge in [0.05, 0.1) is 6.61 Å². The monoisotopic (exact) mass is 225 g/mol. The summed E-state index contributed by atoms with van der Waals surface area (Å²) in [6, 6.07) is 0. The molecule has 0 atom stereocenters. The van der Waals surface area contributed by atoms with E-state index < -0.39 is 13.0 Å². The summed E-state index contributed by atoms with van der Waals surface area (Å²) in [5, 5.41) is 3.11. The highest BCUT2D eigenvalue weighted by molar-refractivity contribution is 4.47. The zero-order valence-corrected chi connectivity index (χ0v) is 9.31. The minimum Gasteiger partial charge on any atom is -0.382 e. The molecule has 0 fully saturated rings. The SMILES string of the molecule is CCOCCCCNCCOCC(F)F. The van der Waals surface area contributed by atoms with E-state index >= 15 is 0 Å². The first kappa shape index (κ1) is 14.7. The van der Waals surface area contributed by atoms with Gasteiger partial charge in [0, 0.05) is 19.8 Å². The molecule has 15 heavy (non-hydrogen) atoms. The van der Waals surface area contributed by atoms with Gasteiger partial charge in [-0.25, -0.2) is 8.78 Å². The van der Waals surface area contributed by atoms with Crippen LogP contribution in [0.4, 0.5) is 8.78 Å². The van der Waals surface area contributed by atoms with Gasteiger partial charge in [0.2, 0.25) is 0 Å². The van der Waals surface area contributed by atoms with Gasteiger partial charge in [-0.2, -0.15) is 0 Å². The van der Waals surface area contributed by atoms with Gasteiger partial charge in [-0.1, -0.05) is 0 Å². The lowest BCUT2D eigenvalue weighted by atomic mass is 10.3.